The molecule has 6 rings (SSSR count). The molecule has 2 aliphatic heterocycles. The molecule has 0 spiro atoms. The number of H-pyrrole nitrogens is 1. The molecule has 3 heterocycles. The summed E-state index contributed by atoms with van der Waals surface area (Å²) in [5.41, 5.74) is 5.44. The van der Waals surface area contributed by atoms with Crippen LogP contribution in [0.4, 0.5) is 4.79 Å². The maximum absolute atomic E-state index is 13.5. The van der Waals surface area contributed by atoms with Crippen molar-refractivity contribution in [3.63, 3.8) is 0 Å². The minimum atomic E-state index is -0.589. The van der Waals surface area contributed by atoms with E-state index in [1.165, 1.54) is 11.1 Å². The Morgan fingerprint density at radius 2 is 1.85 bits per heavy atom. The van der Waals surface area contributed by atoms with E-state index in [2.05, 4.69) is 4.98 Å². The number of allylic oxidation sites excluding steroid dienone is 1. The number of amides is 1. The largest absolute Gasteiger partial charge is 0.491 e. The summed E-state index contributed by atoms with van der Waals surface area (Å²) in [6.07, 6.45) is 4.97. The molecule has 3 aromatic rings. The van der Waals surface area contributed by atoms with Crippen LogP contribution in [0.25, 0.3) is 6.08 Å². The van der Waals surface area contributed by atoms with Gasteiger partial charge < -0.3 is 23.9 Å². The second-order valence-electron chi connectivity index (χ2n) is 10.5. The Morgan fingerprint density at radius 1 is 1.10 bits per heavy atom. The van der Waals surface area contributed by atoms with Gasteiger partial charge in [-0.3, -0.25) is 4.90 Å². The number of aromatic amines is 1. The lowest BCUT2D eigenvalue weighted by Gasteiger charge is -2.35. The van der Waals surface area contributed by atoms with Crippen molar-refractivity contribution in [1.82, 2.24) is 9.88 Å². The van der Waals surface area contributed by atoms with E-state index in [1.54, 1.807) is 29.2 Å². The van der Waals surface area contributed by atoms with Gasteiger partial charge >= 0.3 is 6.09 Å². The van der Waals surface area contributed by atoms with Crippen LogP contribution in [0.5, 0.6) is 11.5 Å². The van der Waals surface area contributed by atoms with E-state index in [4.69, 9.17) is 42.1 Å². The van der Waals surface area contributed by atoms with Crippen LogP contribution in [0.2, 0.25) is 5.02 Å². The molecule has 204 valence electrons. The molecule has 2 aromatic carbocycles. The average molecular weight is 569 g/mol. The number of hydrogen-bond donors (Lipinski definition) is 1. The van der Waals surface area contributed by atoms with Crippen LogP contribution >= 0.6 is 23.2 Å². The van der Waals surface area contributed by atoms with Gasteiger partial charge in [-0.05, 0) is 85.9 Å². The van der Waals surface area contributed by atoms with E-state index in [0.29, 0.717) is 37.0 Å². The fourth-order valence-corrected chi connectivity index (χ4v) is 5.84. The highest BCUT2D eigenvalue weighted by Crippen LogP contribution is 2.40. The molecule has 39 heavy (non-hydrogen) atoms. The Labute approximate surface area is 237 Å². The fraction of sp³-hybridized carbons (Fsp3) is 0.367. The second-order valence-corrected chi connectivity index (χ2v) is 11.5. The number of halogens is 2. The van der Waals surface area contributed by atoms with Crippen molar-refractivity contribution in [3.05, 3.63) is 87.7 Å². The third kappa shape index (κ3) is 5.54. The number of carbonyl (C=O) groups is 1. The topological polar surface area (TPSA) is 73.0 Å². The summed E-state index contributed by atoms with van der Waals surface area (Å²) in [5, 5.41) is 0.538. The fourth-order valence-electron chi connectivity index (χ4n) is 5.48. The van der Waals surface area contributed by atoms with Gasteiger partial charge in [-0.15, -0.1) is 11.6 Å². The van der Waals surface area contributed by atoms with E-state index < -0.39 is 11.9 Å². The van der Waals surface area contributed by atoms with E-state index in [9.17, 15) is 4.79 Å². The van der Waals surface area contributed by atoms with Gasteiger partial charge in [0.2, 0.25) is 0 Å². The zero-order chi connectivity index (χ0) is 27.1. The quantitative estimate of drug-likeness (QED) is 0.354. The highest BCUT2D eigenvalue weighted by molar-refractivity contribution is 6.30. The van der Waals surface area contributed by atoms with Crippen molar-refractivity contribution in [1.29, 1.82) is 0 Å². The normalized spacial score (nSPS) is 23.3. The molecule has 3 aliphatic rings. The molecular formula is C30H30Cl2N2O5. The van der Waals surface area contributed by atoms with Gasteiger partial charge in [0, 0.05) is 23.0 Å². The monoisotopic (exact) mass is 568 g/mol. The summed E-state index contributed by atoms with van der Waals surface area (Å²) in [4.78, 5) is 18.8. The first kappa shape index (κ1) is 26.3. The molecule has 0 bridgehead atoms. The number of benzene rings is 2. The van der Waals surface area contributed by atoms with Gasteiger partial charge in [0.1, 0.15) is 30.3 Å². The van der Waals surface area contributed by atoms with Gasteiger partial charge in [-0.2, -0.15) is 0 Å². The van der Waals surface area contributed by atoms with Crippen LogP contribution < -0.4 is 9.47 Å². The maximum atomic E-state index is 13.5. The first-order chi connectivity index (χ1) is 18.8. The average Bonchev–Trinajstić information content (AvgIpc) is 3.47. The van der Waals surface area contributed by atoms with Crippen LogP contribution in [-0.4, -0.2) is 53.0 Å². The van der Waals surface area contributed by atoms with Gasteiger partial charge in [0.05, 0.1) is 12.0 Å². The Morgan fingerprint density at radius 3 is 2.56 bits per heavy atom. The zero-order valence-corrected chi connectivity index (χ0v) is 23.3. The Hall–Kier alpha value is -2.97. The molecule has 0 radical (unpaired) electrons. The summed E-state index contributed by atoms with van der Waals surface area (Å²) in [5.74, 6) is 0.573. The predicted molar refractivity (Wildman–Crippen MR) is 150 cm³/mol. The van der Waals surface area contributed by atoms with E-state index in [1.807, 2.05) is 50.3 Å². The zero-order valence-electron chi connectivity index (χ0n) is 21.8. The maximum Gasteiger partial charge on any atom is 0.416 e. The third-order valence-electron chi connectivity index (χ3n) is 7.29. The van der Waals surface area contributed by atoms with Crippen molar-refractivity contribution < 1.29 is 23.7 Å². The minimum absolute atomic E-state index is 0.0417. The SMILES string of the molecule is CC1(C)OCC(COc2ccc(C3c4[nH]c5c(c4CCN3C(=O)Oc3ccc(Cl)cc3)CC(Cl)C=C5)cc2)O1. The van der Waals surface area contributed by atoms with E-state index in [0.717, 1.165) is 29.1 Å². The standard InChI is InChI=1S/C30H30Cl2N2O5/c1-30(2)37-17-23(39-30)16-36-21-8-3-18(4-9-21)28-27-24(25-15-20(32)7-12-26(25)33-27)13-14-34(28)29(35)38-22-10-5-19(31)6-11-22/h3-12,20,23,28,33H,13-17H2,1-2H3. The van der Waals surface area contributed by atoms with Crippen molar-refractivity contribution >= 4 is 35.4 Å². The van der Waals surface area contributed by atoms with Crippen molar-refractivity contribution in [3.8, 4) is 11.5 Å². The Balaban J connectivity index is 1.27. The highest BCUT2D eigenvalue weighted by Gasteiger charge is 2.37. The molecule has 3 unspecified atom stereocenters. The number of hydrogen-bond acceptors (Lipinski definition) is 5. The molecule has 1 aliphatic carbocycles. The van der Waals surface area contributed by atoms with E-state index >= 15 is 0 Å². The molecule has 1 aromatic heterocycles. The van der Waals surface area contributed by atoms with E-state index in [-0.39, 0.29) is 17.5 Å². The van der Waals surface area contributed by atoms with Crippen LogP contribution in [-0.2, 0) is 22.3 Å². The van der Waals surface area contributed by atoms with Crippen LogP contribution in [0.1, 0.15) is 48.0 Å². The van der Waals surface area contributed by atoms with Crippen LogP contribution in [0.3, 0.4) is 0 Å². The molecular weight excluding hydrogens is 539 g/mol. The van der Waals surface area contributed by atoms with Gasteiger partial charge in [0.15, 0.2) is 5.79 Å². The lowest BCUT2D eigenvalue weighted by molar-refractivity contribution is -0.141. The molecule has 7 nitrogen and oxygen atoms in total. The molecule has 1 saturated heterocycles. The number of ether oxygens (including phenoxy) is 4. The molecule has 1 N–H and O–H groups in total. The molecule has 1 fully saturated rings. The number of rotatable bonds is 5. The number of aromatic nitrogens is 1. The van der Waals surface area contributed by atoms with Gasteiger partial charge in [0.25, 0.3) is 0 Å². The van der Waals surface area contributed by atoms with Crippen LogP contribution in [0, 0.1) is 0 Å². The van der Waals surface area contributed by atoms with Gasteiger partial charge in [-0.1, -0.05) is 29.8 Å². The number of carbonyl (C=O) groups excluding carboxylic acids is 1. The highest BCUT2D eigenvalue weighted by atomic mass is 35.5. The van der Waals surface area contributed by atoms with Crippen LogP contribution in [0.15, 0.2) is 54.6 Å². The summed E-state index contributed by atoms with van der Waals surface area (Å²) in [6.45, 7) is 5.19. The lowest BCUT2D eigenvalue weighted by Crippen LogP contribution is -2.42. The van der Waals surface area contributed by atoms with Crippen molar-refractivity contribution in [2.24, 2.45) is 0 Å². The first-order valence-electron chi connectivity index (χ1n) is 13.1. The third-order valence-corrected chi connectivity index (χ3v) is 7.85. The number of nitrogens with one attached hydrogen (secondary N) is 1. The number of fused-ring (bicyclic) bond motifs is 3. The second kappa shape index (κ2) is 10.5. The lowest BCUT2D eigenvalue weighted by atomic mass is 9.89. The first-order valence-corrected chi connectivity index (χ1v) is 13.9. The summed E-state index contributed by atoms with van der Waals surface area (Å²) in [7, 11) is 0. The summed E-state index contributed by atoms with van der Waals surface area (Å²) < 4.78 is 23.2. The number of nitrogens with zero attached hydrogens (tertiary/aromatic N) is 1. The Kier molecular flexibility index (Phi) is 7.10. The van der Waals surface area contributed by atoms with Gasteiger partial charge in [-0.25, -0.2) is 4.79 Å². The number of alkyl halides is 1. The summed E-state index contributed by atoms with van der Waals surface area (Å²) >= 11 is 12.5. The summed E-state index contributed by atoms with van der Waals surface area (Å²) in [6, 6.07) is 14.3. The molecule has 9 heteroatoms. The predicted octanol–water partition coefficient (Wildman–Crippen LogP) is 6.52. The van der Waals surface area contributed by atoms with Crippen molar-refractivity contribution in [2.75, 3.05) is 19.8 Å². The smallest absolute Gasteiger partial charge is 0.416 e. The Bertz CT molecular complexity index is 1380. The van der Waals surface area contributed by atoms with Crippen molar-refractivity contribution in [2.45, 2.75) is 50.0 Å². The molecule has 3 atom stereocenters. The minimum Gasteiger partial charge on any atom is -0.491 e. The molecule has 1 amide bonds. The molecule has 0 saturated carbocycles.